The summed E-state index contributed by atoms with van der Waals surface area (Å²) >= 11 is 7.30. The molecule has 0 heterocycles. The van der Waals surface area contributed by atoms with Crippen LogP contribution in [0.25, 0.3) is 0 Å². The van der Waals surface area contributed by atoms with Crippen LogP contribution in [0.5, 0.6) is 0 Å². The van der Waals surface area contributed by atoms with E-state index in [0.29, 0.717) is 10.8 Å². The zero-order valence-corrected chi connectivity index (χ0v) is 12.7. The Morgan fingerprint density at radius 2 is 1.84 bits per heavy atom. The number of amides is 1. The normalized spacial score (nSPS) is 11.4. The maximum absolute atomic E-state index is 11.6. The van der Waals surface area contributed by atoms with E-state index in [-0.39, 0.29) is 17.9 Å². The van der Waals surface area contributed by atoms with E-state index >= 15 is 0 Å². The molecule has 0 aliphatic rings. The predicted molar refractivity (Wildman–Crippen MR) is 80.1 cm³/mol. The van der Waals surface area contributed by atoms with Crippen LogP contribution in [0, 0.1) is 0 Å². The molecule has 2 N–H and O–H groups in total. The number of primary amides is 1. The Kier molecular flexibility index (Phi) is 6.68. The van der Waals surface area contributed by atoms with E-state index in [4.69, 9.17) is 17.3 Å². The number of nitrogens with two attached hydrogens (primary N) is 1. The van der Waals surface area contributed by atoms with Crippen molar-refractivity contribution in [3.63, 3.8) is 0 Å². The number of rotatable bonds is 8. The summed E-state index contributed by atoms with van der Waals surface area (Å²) < 4.78 is 23.1. The lowest BCUT2D eigenvalue weighted by Gasteiger charge is -2.04. The number of carbonyl (C=O) groups is 1. The molecule has 4 nitrogen and oxygen atoms in total. The fraction of sp³-hybridized carbons (Fsp3) is 0.417. The summed E-state index contributed by atoms with van der Waals surface area (Å²) in [5.41, 5.74) is 6.02. The SMILES string of the molecule is NC(=O)CCS(=O)(=O)CCSCc1ccc(Cl)cc1. The molecule has 1 amide bonds. The van der Waals surface area contributed by atoms with E-state index in [1.807, 2.05) is 12.1 Å². The summed E-state index contributed by atoms with van der Waals surface area (Å²) in [6.45, 7) is 0. The van der Waals surface area contributed by atoms with Gasteiger partial charge in [-0.3, -0.25) is 4.79 Å². The second kappa shape index (κ2) is 7.77. The Bertz CT molecular complexity index is 514. The molecule has 0 aromatic heterocycles. The number of halogens is 1. The fourth-order valence-corrected chi connectivity index (χ4v) is 4.22. The molecular weight excluding hydrogens is 306 g/mol. The van der Waals surface area contributed by atoms with Crippen molar-refractivity contribution in [3.05, 3.63) is 34.9 Å². The highest BCUT2D eigenvalue weighted by molar-refractivity contribution is 8.00. The molecule has 0 saturated heterocycles. The molecule has 19 heavy (non-hydrogen) atoms. The van der Waals surface area contributed by atoms with Crippen molar-refractivity contribution < 1.29 is 13.2 Å². The maximum atomic E-state index is 11.6. The third-order valence-corrected chi connectivity index (χ3v) is 5.57. The number of carbonyl (C=O) groups excluding carboxylic acids is 1. The van der Waals surface area contributed by atoms with Crippen molar-refractivity contribution in [2.45, 2.75) is 12.2 Å². The molecule has 0 radical (unpaired) electrons. The smallest absolute Gasteiger partial charge is 0.218 e. The minimum absolute atomic E-state index is 0.0680. The van der Waals surface area contributed by atoms with Crippen molar-refractivity contribution in [3.8, 4) is 0 Å². The molecule has 0 unspecified atom stereocenters. The number of sulfone groups is 1. The Hall–Kier alpha value is -0.720. The first-order valence-electron chi connectivity index (χ1n) is 5.70. The van der Waals surface area contributed by atoms with Gasteiger partial charge < -0.3 is 5.73 Å². The lowest BCUT2D eigenvalue weighted by Crippen LogP contribution is -2.19. The van der Waals surface area contributed by atoms with Gasteiger partial charge >= 0.3 is 0 Å². The summed E-state index contributed by atoms with van der Waals surface area (Å²) in [6.07, 6.45) is -0.107. The zero-order valence-electron chi connectivity index (χ0n) is 10.3. The van der Waals surface area contributed by atoms with Crippen molar-refractivity contribution in [1.82, 2.24) is 0 Å². The first-order valence-corrected chi connectivity index (χ1v) is 9.05. The van der Waals surface area contributed by atoms with Crippen molar-refractivity contribution >= 4 is 39.1 Å². The van der Waals surface area contributed by atoms with Crippen LogP contribution in [0.4, 0.5) is 0 Å². The van der Waals surface area contributed by atoms with Gasteiger partial charge in [0, 0.05) is 22.9 Å². The van der Waals surface area contributed by atoms with E-state index in [0.717, 1.165) is 11.3 Å². The van der Waals surface area contributed by atoms with Crippen molar-refractivity contribution in [2.75, 3.05) is 17.3 Å². The first kappa shape index (κ1) is 16.3. The highest BCUT2D eigenvalue weighted by Gasteiger charge is 2.11. The van der Waals surface area contributed by atoms with Gasteiger partial charge in [0.1, 0.15) is 0 Å². The minimum Gasteiger partial charge on any atom is -0.370 e. The molecule has 0 bridgehead atoms. The van der Waals surface area contributed by atoms with Crippen LogP contribution in [-0.4, -0.2) is 31.6 Å². The highest BCUT2D eigenvalue weighted by Crippen LogP contribution is 2.15. The van der Waals surface area contributed by atoms with Gasteiger partial charge in [0.2, 0.25) is 5.91 Å². The Morgan fingerprint density at radius 1 is 1.21 bits per heavy atom. The van der Waals surface area contributed by atoms with Crippen LogP contribution in [0.1, 0.15) is 12.0 Å². The summed E-state index contributed by atoms with van der Waals surface area (Å²) in [7, 11) is -3.18. The molecule has 0 saturated carbocycles. The minimum atomic E-state index is -3.18. The average Bonchev–Trinajstić information content (AvgIpc) is 2.35. The first-order chi connectivity index (χ1) is 8.89. The number of benzene rings is 1. The monoisotopic (exact) mass is 321 g/mol. The van der Waals surface area contributed by atoms with Gasteiger partial charge in [0.05, 0.1) is 11.5 Å². The molecule has 1 aromatic rings. The largest absolute Gasteiger partial charge is 0.370 e. The lowest BCUT2D eigenvalue weighted by atomic mass is 10.2. The van der Waals surface area contributed by atoms with Crippen LogP contribution >= 0.6 is 23.4 Å². The van der Waals surface area contributed by atoms with Gasteiger partial charge in [-0.05, 0) is 17.7 Å². The molecule has 0 aliphatic carbocycles. The molecule has 0 atom stereocenters. The second-order valence-electron chi connectivity index (χ2n) is 4.05. The van der Waals surface area contributed by atoms with Gasteiger partial charge in [0.15, 0.2) is 9.84 Å². The summed E-state index contributed by atoms with van der Waals surface area (Å²) in [6, 6.07) is 7.44. The highest BCUT2D eigenvalue weighted by atomic mass is 35.5. The zero-order chi connectivity index (χ0) is 14.3. The fourth-order valence-electron chi connectivity index (χ4n) is 1.31. The van der Waals surface area contributed by atoms with Gasteiger partial charge in [-0.15, -0.1) is 0 Å². The van der Waals surface area contributed by atoms with Crippen LogP contribution in [-0.2, 0) is 20.4 Å². The molecule has 106 valence electrons. The van der Waals surface area contributed by atoms with Crippen molar-refractivity contribution in [1.29, 1.82) is 0 Å². The van der Waals surface area contributed by atoms with E-state index in [1.54, 1.807) is 12.1 Å². The third kappa shape index (κ3) is 7.44. The number of hydrogen-bond acceptors (Lipinski definition) is 4. The van der Waals surface area contributed by atoms with Gasteiger partial charge in [-0.2, -0.15) is 11.8 Å². The predicted octanol–water partition coefficient (Wildman–Crippen LogP) is 1.86. The Morgan fingerprint density at radius 3 is 2.42 bits per heavy atom. The molecule has 0 aliphatic heterocycles. The molecular formula is C12H16ClNO3S2. The molecule has 1 rings (SSSR count). The Labute approximate surface area is 122 Å². The van der Waals surface area contributed by atoms with Gasteiger partial charge in [-0.25, -0.2) is 8.42 Å². The number of thioether (sulfide) groups is 1. The van der Waals surface area contributed by atoms with Crippen LogP contribution in [0.2, 0.25) is 5.02 Å². The maximum Gasteiger partial charge on any atom is 0.218 e. The molecule has 7 heteroatoms. The molecule has 1 aromatic carbocycles. The second-order valence-corrected chi connectivity index (χ2v) is 7.89. The third-order valence-electron chi connectivity index (χ3n) is 2.38. The van der Waals surface area contributed by atoms with Gasteiger partial charge in [-0.1, -0.05) is 23.7 Å². The van der Waals surface area contributed by atoms with E-state index in [9.17, 15) is 13.2 Å². The van der Waals surface area contributed by atoms with E-state index in [2.05, 4.69) is 0 Å². The lowest BCUT2D eigenvalue weighted by molar-refractivity contribution is -0.117. The summed E-state index contributed by atoms with van der Waals surface area (Å²) in [5.74, 6) is 0.562. The topological polar surface area (TPSA) is 77.2 Å². The summed E-state index contributed by atoms with van der Waals surface area (Å²) in [4.78, 5) is 10.5. The van der Waals surface area contributed by atoms with E-state index in [1.165, 1.54) is 11.8 Å². The van der Waals surface area contributed by atoms with Crippen LogP contribution < -0.4 is 5.73 Å². The van der Waals surface area contributed by atoms with E-state index < -0.39 is 15.7 Å². The quantitative estimate of drug-likeness (QED) is 0.741. The summed E-state index contributed by atoms with van der Waals surface area (Å²) in [5, 5.41) is 0.683. The average molecular weight is 322 g/mol. The number of hydrogen-bond donors (Lipinski definition) is 1. The molecule has 0 spiro atoms. The standard InChI is InChI=1S/C12H16ClNO3S2/c13-11-3-1-10(2-4-11)9-18-6-8-19(16,17)7-5-12(14)15/h1-4H,5-9H2,(H2,14,15). The Balaban J connectivity index is 2.26. The van der Waals surface area contributed by atoms with Gasteiger partial charge in [0.25, 0.3) is 0 Å². The van der Waals surface area contributed by atoms with Crippen molar-refractivity contribution in [2.24, 2.45) is 5.73 Å². The van der Waals surface area contributed by atoms with Crippen LogP contribution in [0.3, 0.4) is 0 Å². The molecule has 0 fully saturated rings. The van der Waals surface area contributed by atoms with Crippen LogP contribution in [0.15, 0.2) is 24.3 Å².